The molecular formula is C16H21N3O2. The number of hydrogen-bond acceptors (Lipinski definition) is 4. The minimum absolute atomic E-state index is 0.416. The third-order valence-corrected chi connectivity index (χ3v) is 3.78. The quantitative estimate of drug-likeness (QED) is 0.693. The summed E-state index contributed by atoms with van der Waals surface area (Å²) >= 11 is 0. The molecule has 21 heavy (non-hydrogen) atoms. The minimum Gasteiger partial charge on any atom is -0.465 e. The number of nitrogens with zero attached hydrogens (tertiary/aromatic N) is 2. The van der Waals surface area contributed by atoms with Gasteiger partial charge in [0.05, 0.1) is 24.9 Å². The number of esters is 1. The lowest BCUT2D eigenvalue weighted by Gasteiger charge is -2.12. The van der Waals surface area contributed by atoms with Crippen molar-refractivity contribution in [3.05, 3.63) is 46.3 Å². The molecule has 1 aromatic heterocycles. The monoisotopic (exact) mass is 287 g/mol. The summed E-state index contributed by atoms with van der Waals surface area (Å²) < 4.78 is 6.74. The van der Waals surface area contributed by atoms with Gasteiger partial charge in [0.2, 0.25) is 0 Å². The maximum atomic E-state index is 11.9. The molecule has 2 aromatic rings. The lowest BCUT2D eigenvalue weighted by molar-refractivity contribution is 0.0600. The van der Waals surface area contributed by atoms with Crippen molar-refractivity contribution in [3.63, 3.8) is 0 Å². The molecule has 1 heterocycles. The Balaban J connectivity index is 2.45. The number of aromatic nitrogens is 2. The second kappa shape index (κ2) is 5.99. The zero-order valence-corrected chi connectivity index (χ0v) is 12.9. The highest BCUT2D eigenvalue weighted by Crippen LogP contribution is 2.21. The van der Waals surface area contributed by atoms with Crippen LogP contribution in [0.1, 0.15) is 39.8 Å². The smallest absolute Gasteiger partial charge is 0.340 e. The predicted molar refractivity (Wildman–Crippen MR) is 82.4 cm³/mol. The molecule has 0 fully saturated rings. The number of carbonyl (C=O) groups excluding carboxylic acids is 1. The van der Waals surface area contributed by atoms with Crippen molar-refractivity contribution in [2.75, 3.05) is 12.8 Å². The number of rotatable bonds is 4. The number of carbonyl (C=O) groups is 1. The van der Waals surface area contributed by atoms with Gasteiger partial charge in [0.1, 0.15) is 0 Å². The Labute approximate surface area is 124 Å². The predicted octanol–water partition coefficient (Wildman–Crippen LogP) is 2.48. The number of aryl methyl sites for hydroxylation is 1. The molecule has 0 bridgehead atoms. The molecule has 0 spiro atoms. The number of nitrogens with two attached hydrogens (primary N) is 1. The summed E-state index contributed by atoms with van der Waals surface area (Å²) in [7, 11) is 1.36. The van der Waals surface area contributed by atoms with Crippen LogP contribution in [0.4, 0.5) is 5.69 Å². The highest BCUT2D eigenvalue weighted by Gasteiger charge is 2.17. The van der Waals surface area contributed by atoms with Gasteiger partial charge in [-0.1, -0.05) is 19.1 Å². The van der Waals surface area contributed by atoms with E-state index in [0.29, 0.717) is 17.8 Å². The summed E-state index contributed by atoms with van der Waals surface area (Å²) in [5.41, 5.74) is 11.0. The minimum atomic E-state index is -0.416. The van der Waals surface area contributed by atoms with E-state index in [1.165, 1.54) is 12.7 Å². The van der Waals surface area contributed by atoms with Gasteiger partial charge in [0.15, 0.2) is 0 Å². The Morgan fingerprint density at radius 1 is 1.38 bits per heavy atom. The number of benzene rings is 1. The van der Waals surface area contributed by atoms with E-state index in [1.807, 2.05) is 30.7 Å². The fourth-order valence-electron chi connectivity index (χ4n) is 2.66. The zero-order chi connectivity index (χ0) is 15.6. The van der Waals surface area contributed by atoms with Crippen LogP contribution in [0.2, 0.25) is 0 Å². The second-order valence-electron chi connectivity index (χ2n) is 5.03. The maximum absolute atomic E-state index is 11.9. The Morgan fingerprint density at radius 3 is 2.67 bits per heavy atom. The molecule has 0 saturated heterocycles. The number of nitrogen functional groups attached to an aromatic ring is 1. The van der Waals surface area contributed by atoms with Crippen LogP contribution in [-0.2, 0) is 17.7 Å². The van der Waals surface area contributed by atoms with Gasteiger partial charge in [-0.05, 0) is 37.5 Å². The molecule has 0 saturated carbocycles. The molecule has 0 atom stereocenters. The Kier molecular flexibility index (Phi) is 4.31. The summed E-state index contributed by atoms with van der Waals surface area (Å²) in [6.45, 7) is 6.66. The average molecular weight is 287 g/mol. The third kappa shape index (κ3) is 2.77. The van der Waals surface area contributed by atoms with Gasteiger partial charge in [0.25, 0.3) is 0 Å². The van der Waals surface area contributed by atoms with Crippen LogP contribution in [0.5, 0.6) is 0 Å². The first kappa shape index (κ1) is 15.1. The fraction of sp³-hybridized carbons (Fsp3) is 0.375. The summed E-state index contributed by atoms with van der Waals surface area (Å²) in [4.78, 5) is 11.9. The lowest BCUT2D eigenvalue weighted by atomic mass is 10.1. The average Bonchev–Trinajstić information content (AvgIpc) is 2.72. The number of anilines is 1. The standard InChI is InChI=1S/C16H21N3O2/c1-5-13-10(2)18-19(11(13)3)9-12-7-6-8-14(17)15(12)16(20)21-4/h6-8H,5,9,17H2,1-4H3. The van der Waals surface area contributed by atoms with Crippen molar-refractivity contribution in [3.8, 4) is 0 Å². The molecular weight excluding hydrogens is 266 g/mol. The SMILES string of the molecule is CCc1c(C)nn(Cc2cccc(N)c2C(=O)OC)c1C. The number of ether oxygens (including phenoxy) is 1. The van der Waals surface area contributed by atoms with E-state index in [0.717, 1.165) is 23.4 Å². The molecule has 5 heteroatoms. The molecule has 0 amide bonds. The molecule has 0 aliphatic heterocycles. The largest absolute Gasteiger partial charge is 0.465 e. The summed E-state index contributed by atoms with van der Waals surface area (Å²) in [5.74, 6) is -0.416. The fourth-order valence-corrected chi connectivity index (χ4v) is 2.66. The molecule has 5 nitrogen and oxygen atoms in total. The van der Waals surface area contributed by atoms with Crippen LogP contribution in [0.3, 0.4) is 0 Å². The zero-order valence-electron chi connectivity index (χ0n) is 12.9. The molecule has 1 aromatic carbocycles. The van der Waals surface area contributed by atoms with E-state index in [-0.39, 0.29) is 0 Å². The summed E-state index contributed by atoms with van der Waals surface area (Å²) in [6, 6.07) is 5.42. The molecule has 0 aliphatic rings. The van der Waals surface area contributed by atoms with E-state index < -0.39 is 5.97 Å². The van der Waals surface area contributed by atoms with E-state index >= 15 is 0 Å². The van der Waals surface area contributed by atoms with Crippen LogP contribution in [0, 0.1) is 13.8 Å². The van der Waals surface area contributed by atoms with Gasteiger partial charge >= 0.3 is 5.97 Å². The van der Waals surface area contributed by atoms with Crippen molar-refractivity contribution in [2.24, 2.45) is 0 Å². The van der Waals surface area contributed by atoms with Gasteiger partial charge in [0, 0.05) is 11.4 Å². The summed E-state index contributed by atoms with van der Waals surface area (Å²) in [5, 5.41) is 4.56. The van der Waals surface area contributed by atoms with Gasteiger partial charge in [-0.2, -0.15) is 5.10 Å². The normalized spacial score (nSPS) is 10.7. The molecule has 2 N–H and O–H groups in total. The van der Waals surface area contributed by atoms with Crippen LogP contribution in [0.15, 0.2) is 18.2 Å². The van der Waals surface area contributed by atoms with E-state index in [9.17, 15) is 4.79 Å². The van der Waals surface area contributed by atoms with Crippen molar-refractivity contribution < 1.29 is 9.53 Å². The first-order valence-corrected chi connectivity index (χ1v) is 6.98. The van der Waals surface area contributed by atoms with Gasteiger partial charge < -0.3 is 10.5 Å². The van der Waals surface area contributed by atoms with E-state index in [1.54, 1.807) is 6.07 Å². The summed E-state index contributed by atoms with van der Waals surface area (Å²) in [6.07, 6.45) is 0.943. The van der Waals surface area contributed by atoms with Crippen LogP contribution in [-0.4, -0.2) is 22.9 Å². The molecule has 0 unspecified atom stereocenters. The third-order valence-electron chi connectivity index (χ3n) is 3.78. The lowest BCUT2D eigenvalue weighted by Crippen LogP contribution is -2.13. The molecule has 0 aliphatic carbocycles. The van der Waals surface area contributed by atoms with E-state index in [4.69, 9.17) is 10.5 Å². The Hall–Kier alpha value is -2.30. The highest BCUT2D eigenvalue weighted by molar-refractivity contribution is 5.96. The van der Waals surface area contributed by atoms with Crippen molar-refractivity contribution in [2.45, 2.75) is 33.7 Å². The van der Waals surface area contributed by atoms with Gasteiger partial charge in [-0.25, -0.2) is 4.79 Å². The Morgan fingerprint density at radius 2 is 2.10 bits per heavy atom. The second-order valence-corrected chi connectivity index (χ2v) is 5.03. The van der Waals surface area contributed by atoms with Crippen molar-refractivity contribution >= 4 is 11.7 Å². The topological polar surface area (TPSA) is 70.1 Å². The molecule has 2 rings (SSSR count). The van der Waals surface area contributed by atoms with Crippen LogP contribution >= 0.6 is 0 Å². The van der Waals surface area contributed by atoms with Crippen LogP contribution < -0.4 is 5.73 Å². The number of methoxy groups -OCH3 is 1. The van der Waals surface area contributed by atoms with Crippen LogP contribution in [0.25, 0.3) is 0 Å². The van der Waals surface area contributed by atoms with Gasteiger partial charge in [-0.15, -0.1) is 0 Å². The van der Waals surface area contributed by atoms with Gasteiger partial charge in [-0.3, -0.25) is 4.68 Å². The first-order valence-electron chi connectivity index (χ1n) is 6.98. The highest BCUT2D eigenvalue weighted by atomic mass is 16.5. The first-order chi connectivity index (χ1) is 9.99. The maximum Gasteiger partial charge on any atom is 0.340 e. The molecule has 0 radical (unpaired) electrons. The number of hydrogen-bond donors (Lipinski definition) is 1. The van der Waals surface area contributed by atoms with E-state index in [2.05, 4.69) is 12.0 Å². The molecule has 112 valence electrons. The van der Waals surface area contributed by atoms with Crippen molar-refractivity contribution in [1.29, 1.82) is 0 Å². The van der Waals surface area contributed by atoms with Crippen molar-refractivity contribution in [1.82, 2.24) is 9.78 Å². The Bertz CT molecular complexity index is 674.